The number of benzene rings is 1. The van der Waals surface area contributed by atoms with Crippen molar-refractivity contribution in [1.82, 2.24) is 20.0 Å². The Labute approximate surface area is 130 Å². The van der Waals surface area contributed by atoms with E-state index in [9.17, 15) is 9.90 Å². The van der Waals surface area contributed by atoms with Gasteiger partial charge in [-0.1, -0.05) is 0 Å². The van der Waals surface area contributed by atoms with Crippen LogP contribution >= 0.6 is 0 Å². The molecule has 0 bridgehead atoms. The lowest BCUT2D eigenvalue weighted by molar-refractivity contribution is 0.0688. The Kier molecular flexibility index (Phi) is 2.78. The highest BCUT2D eigenvalue weighted by Gasteiger charge is 2.29. The molecule has 1 aliphatic carbocycles. The fourth-order valence-corrected chi connectivity index (χ4v) is 2.96. The van der Waals surface area contributed by atoms with E-state index in [1.807, 2.05) is 0 Å². The highest BCUT2D eigenvalue weighted by molar-refractivity contribution is 5.90. The third kappa shape index (κ3) is 1.92. The summed E-state index contributed by atoms with van der Waals surface area (Å²) in [5, 5.41) is 29.7. The number of carboxylic acids is 1. The molecule has 112 valence electrons. The van der Waals surface area contributed by atoms with Crippen LogP contribution < -0.4 is 0 Å². The first kappa shape index (κ1) is 13.3. The maximum absolute atomic E-state index is 11.5. The number of aromatic amines is 1. The molecule has 0 spiro atoms. The summed E-state index contributed by atoms with van der Waals surface area (Å²) in [6.45, 7) is 0. The SMILES string of the molecule is N#Cc1ccc(-n2nc(C(=O)O)c3c2-c2cn[nH]c2CC3)cc1. The van der Waals surface area contributed by atoms with E-state index in [2.05, 4.69) is 21.4 Å². The molecule has 0 saturated carbocycles. The van der Waals surface area contributed by atoms with E-state index in [-0.39, 0.29) is 5.69 Å². The Morgan fingerprint density at radius 2 is 2.09 bits per heavy atom. The zero-order valence-electron chi connectivity index (χ0n) is 11.9. The molecule has 7 nitrogen and oxygen atoms in total. The van der Waals surface area contributed by atoms with Crippen molar-refractivity contribution in [2.75, 3.05) is 0 Å². The van der Waals surface area contributed by atoms with Crippen LogP contribution in [0.4, 0.5) is 0 Å². The van der Waals surface area contributed by atoms with Gasteiger partial charge in [-0.2, -0.15) is 15.5 Å². The molecule has 0 amide bonds. The molecule has 1 aromatic carbocycles. The summed E-state index contributed by atoms with van der Waals surface area (Å²) in [6, 6.07) is 8.94. The van der Waals surface area contributed by atoms with Crippen LogP contribution in [0, 0.1) is 11.3 Å². The van der Waals surface area contributed by atoms with Crippen LogP contribution in [0.5, 0.6) is 0 Å². The molecule has 2 N–H and O–H groups in total. The average Bonchev–Trinajstić information content (AvgIpc) is 3.18. The maximum atomic E-state index is 11.5. The van der Waals surface area contributed by atoms with E-state index in [1.165, 1.54) is 0 Å². The fraction of sp³-hybridized carbons (Fsp3) is 0.125. The molecule has 7 heteroatoms. The Hall–Kier alpha value is -3.40. The van der Waals surface area contributed by atoms with E-state index in [0.717, 1.165) is 22.5 Å². The van der Waals surface area contributed by atoms with Crippen molar-refractivity contribution < 1.29 is 9.90 Å². The number of nitrogens with one attached hydrogen (secondary N) is 1. The molecule has 3 aromatic rings. The average molecular weight is 305 g/mol. The molecular formula is C16H11N5O2. The van der Waals surface area contributed by atoms with Crippen LogP contribution in [0.25, 0.3) is 16.9 Å². The van der Waals surface area contributed by atoms with Gasteiger partial charge in [-0.15, -0.1) is 0 Å². The Bertz CT molecular complexity index is 960. The molecule has 0 aliphatic heterocycles. The Morgan fingerprint density at radius 3 is 2.78 bits per heavy atom. The number of aryl methyl sites for hydroxylation is 1. The van der Waals surface area contributed by atoms with Crippen LogP contribution in [-0.2, 0) is 12.8 Å². The summed E-state index contributed by atoms with van der Waals surface area (Å²) in [5.41, 5.74) is 4.63. The first-order valence-corrected chi connectivity index (χ1v) is 7.07. The van der Waals surface area contributed by atoms with Gasteiger partial charge >= 0.3 is 5.97 Å². The molecule has 2 heterocycles. The number of aromatic nitrogens is 4. The number of nitrogens with zero attached hydrogens (tertiary/aromatic N) is 4. The largest absolute Gasteiger partial charge is 0.476 e. The summed E-state index contributed by atoms with van der Waals surface area (Å²) in [5.74, 6) is -1.04. The number of H-pyrrole nitrogens is 1. The molecule has 0 fully saturated rings. The smallest absolute Gasteiger partial charge is 0.356 e. The summed E-state index contributed by atoms with van der Waals surface area (Å²) in [7, 11) is 0. The minimum absolute atomic E-state index is 0.0659. The summed E-state index contributed by atoms with van der Waals surface area (Å²) < 4.78 is 1.62. The molecule has 4 rings (SSSR count). The number of fused-ring (bicyclic) bond motifs is 3. The van der Waals surface area contributed by atoms with Crippen LogP contribution in [0.15, 0.2) is 30.5 Å². The Balaban J connectivity index is 1.97. The van der Waals surface area contributed by atoms with Crippen molar-refractivity contribution >= 4 is 5.97 Å². The number of hydrogen-bond acceptors (Lipinski definition) is 4. The molecule has 23 heavy (non-hydrogen) atoms. The molecule has 0 unspecified atom stereocenters. The highest BCUT2D eigenvalue weighted by Crippen LogP contribution is 2.35. The van der Waals surface area contributed by atoms with Gasteiger partial charge in [0.25, 0.3) is 0 Å². The van der Waals surface area contributed by atoms with Gasteiger partial charge in [0.05, 0.1) is 29.2 Å². The minimum Gasteiger partial charge on any atom is -0.476 e. The van der Waals surface area contributed by atoms with Crippen molar-refractivity contribution in [2.24, 2.45) is 0 Å². The topological polar surface area (TPSA) is 108 Å². The zero-order chi connectivity index (χ0) is 16.0. The maximum Gasteiger partial charge on any atom is 0.356 e. The van der Waals surface area contributed by atoms with Crippen LogP contribution in [-0.4, -0.2) is 31.1 Å². The van der Waals surface area contributed by atoms with Gasteiger partial charge in [0, 0.05) is 16.8 Å². The van der Waals surface area contributed by atoms with Gasteiger partial charge in [0.2, 0.25) is 0 Å². The van der Waals surface area contributed by atoms with E-state index in [4.69, 9.17) is 5.26 Å². The van der Waals surface area contributed by atoms with Crippen molar-refractivity contribution in [1.29, 1.82) is 5.26 Å². The number of carbonyl (C=O) groups is 1. The zero-order valence-corrected chi connectivity index (χ0v) is 11.9. The van der Waals surface area contributed by atoms with Crippen LogP contribution in [0.1, 0.15) is 27.3 Å². The van der Waals surface area contributed by atoms with Gasteiger partial charge in [0.1, 0.15) is 0 Å². The Morgan fingerprint density at radius 1 is 1.30 bits per heavy atom. The van der Waals surface area contributed by atoms with Crippen molar-refractivity contribution in [3.63, 3.8) is 0 Å². The van der Waals surface area contributed by atoms with E-state index < -0.39 is 5.97 Å². The lowest BCUT2D eigenvalue weighted by Gasteiger charge is -2.14. The van der Waals surface area contributed by atoms with E-state index >= 15 is 0 Å². The second kappa shape index (κ2) is 4.81. The number of nitriles is 1. The van der Waals surface area contributed by atoms with Gasteiger partial charge in [-0.25, -0.2) is 9.48 Å². The van der Waals surface area contributed by atoms with E-state index in [1.54, 1.807) is 35.1 Å². The lowest BCUT2D eigenvalue weighted by Crippen LogP contribution is -2.07. The van der Waals surface area contributed by atoms with Gasteiger partial charge < -0.3 is 5.11 Å². The molecular weight excluding hydrogens is 294 g/mol. The number of aromatic carboxylic acids is 1. The monoisotopic (exact) mass is 305 g/mol. The first-order chi connectivity index (χ1) is 11.2. The van der Waals surface area contributed by atoms with Crippen LogP contribution in [0.3, 0.4) is 0 Å². The quantitative estimate of drug-likeness (QED) is 0.752. The van der Waals surface area contributed by atoms with Gasteiger partial charge in [0.15, 0.2) is 5.69 Å². The summed E-state index contributed by atoms with van der Waals surface area (Å²) in [4.78, 5) is 11.5. The molecule has 2 aromatic heterocycles. The number of hydrogen-bond donors (Lipinski definition) is 2. The summed E-state index contributed by atoms with van der Waals surface area (Å²) >= 11 is 0. The molecule has 0 radical (unpaired) electrons. The van der Waals surface area contributed by atoms with Gasteiger partial charge in [-0.05, 0) is 37.1 Å². The normalized spacial score (nSPS) is 12.3. The first-order valence-electron chi connectivity index (χ1n) is 7.07. The van der Waals surface area contributed by atoms with Crippen molar-refractivity contribution in [3.05, 3.63) is 53.0 Å². The van der Waals surface area contributed by atoms with Crippen molar-refractivity contribution in [2.45, 2.75) is 12.8 Å². The third-order valence-corrected chi connectivity index (χ3v) is 4.03. The lowest BCUT2D eigenvalue weighted by atomic mass is 9.94. The molecule has 1 aliphatic rings. The van der Waals surface area contributed by atoms with E-state index in [0.29, 0.717) is 24.1 Å². The fourth-order valence-electron chi connectivity index (χ4n) is 2.96. The van der Waals surface area contributed by atoms with Gasteiger partial charge in [-0.3, -0.25) is 5.10 Å². The molecule has 0 atom stereocenters. The second-order valence-electron chi connectivity index (χ2n) is 5.31. The third-order valence-electron chi connectivity index (χ3n) is 4.03. The number of carboxylic acid groups (broad SMARTS) is 1. The standard InChI is InChI=1S/C16H11N5O2/c17-7-9-1-3-10(4-2-9)21-15-11(14(20-21)16(22)23)5-6-13-12(15)8-18-19-13/h1-4,8H,5-6H2,(H,18,19)(H,22,23). The van der Waals surface area contributed by atoms with Crippen molar-refractivity contribution in [3.8, 4) is 23.0 Å². The highest BCUT2D eigenvalue weighted by atomic mass is 16.4. The predicted octanol–water partition coefficient (Wildman–Crippen LogP) is 1.93. The second-order valence-corrected chi connectivity index (χ2v) is 5.31. The predicted molar refractivity (Wildman–Crippen MR) is 80.2 cm³/mol. The molecule has 0 saturated heterocycles. The number of rotatable bonds is 2. The van der Waals surface area contributed by atoms with Crippen LogP contribution in [0.2, 0.25) is 0 Å². The summed E-state index contributed by atoms with van der Waals surface area (Å²) in [6.07, 6.45) is 3.00. The minimum atomic E-state index is -1.04.